The van der Waals surface area contributed by atoms with Crippen molar-refractivity contribution in [2.75, 3.05) is 0 Å². The molecule has 0 radical (unpaired) electrons. The Morgan fingerprint density at radius 3 is 1.49 bits per heavy atom. The van der Waals surface area contributed by atoms with Gasteiger partial charge in [0, 0.05) is 75.4 Å². The molecule has 0 aromatic heterocycles. The second kappa shape index (κ2) is 13.9. The van der Waals surface area contributed by atoms with Crippen molar-refractivity contribution < 1.29 is 60.2 Å². The number of fused-ring (bicyclic) bond motifs is 6. The second-order valence-electron chi connectivity index (χ2n) is 18.3. The number of carbonyl (C=O) groups is 1. The van der Waals surface area contributed by atoms with Crippen molar-refractivity contribution in [3.63, 3.8) is 0 Å². The molecule has 7 atom stereocenters. The maximum Gasteiger partial charge on any atom is 0.182 e. The summed E-state index contributed by atoms with van der Waals surface area (Å²) in [4.78, 5) is 13.8. The molecule has 13 rings (SSSR count). The number of hydrogen-bond donors (Lipinski definition) is 9. The predicted molar refractivity (Wildman–Crippen MR) is 247 cm³/mol. The van der Waals surface area contributed by atoms with E-state index in [9.17, 15) is 50.8 Å². The van der Waals surface area contributed by atoms with Gasteiger partial charge >= 0.3 is 0 Å². The highest BCUT2D eigenvalue weighted by atomic mass is 16.5. The first-order valence-corrected chi connectivity index (χ1v) is 22.1. The van der Waals surface area contributed by atoms with E-state index >= 15 is 0 Å². The number of ketones is 1. The zero-order valence-electron chi connectivity index (χ0n) is 35.5. The monoisotopic (exact) mass is 902 g/mol. The average molecular weight is 903 g/mol. The first-order chi connectivity index (χ1) is 32.8. The molecule has 0 unspecified atom stereocenters. The van der Waals surface area contributed by atoms with E-state index in [-0.39, 0.29) is 68.6 Å². The molecule has 7 aromatic rings. The Hall–Kier alpha value is -8.77. The minimum atomic E-state index is -0.963. The molecule has 9 N–H and O–H groups in total. The summed E-state index contributed by atoms with van der Waals surface area (Å²) in [5.41, 5.74) is 7.27. The van der Waals surface area contributed by atoms with Crippen molar-refractivity contribution in [1.82, 2.24) is 0 Å². The Labute approximate surface area is 386 Å². The van der Waals surface area contributed by atoms with Crippen LogP contribution in [0.25, 0.3) is 16.7 Å². The van der Waals surface area contributed by atoms with Crippen LogP contribution in [-0.4, -0.2) is 51.7 Å². The molecule has 2 heterocycles. The van der Waals surface area contributed by atoms with Crippen molar-refractivity contribution in [3.05, 3.63) is 206 Å². The zero-order chi connectivity index (χ0) is 46.6. The quantitative estimate of drug-likeness (QED) is 0.0806. The highest BCUT2D eigenvalue weighted by Crippen LogP contribution is 2.74. The van der Waals surface area contributed by atoms with Crippen molar-refractivity contribution in [1.29, 1.82) is 0 Å². The number of benzene rings is 7. The lowest BCUT2D eigenvalue weighted by molar-refractivity contribution is -0.110. The number of phenols is 8. The Morgan fingerprint density at radius 2 is 0.912 bits per heavy atom. The number of rotatable bonds is 4. The third kappa shape index (κ3) is 5.39. The first kappa shape index (κ1) is 39.6. The maximum absolute atomic E-state index is 13.8. The fourth-order valence-corrected chi connectivity index (χ4v) is 12.4. The molecule has 4 aliphatic carbocycles. The van der Waals surface area contributed by atoms with Crippen LogP contribution in [0.2, 0.25) is 0 Å². The fraction of sp³-hybridized carbons (Fsp3) is 0.125. The standard InChI is InChI=1S/C56H38O12/c57-27-9-1-23(2-10-27)41-43-33(17-31(61)19-35(43)63)45-49-39(67-55(45)25-5-13-29(59)14-6-25)21-37(65)47-48-38(66)22-40-50-46(56(68-40)26-7-15-30(60)16-8-26)34-18-32(62)20-36(64)44(34)42(24-3-11-28(58)12-4-24)52(54(48)50)51(41)53(47)49/h1-22,41,45-46,51-52,55-61,63-66H/t41-,45-,46-,51-,52-,55+,56+/m1/s1. The van der Waals surface area contributed by atoms with Crippen molar-refractivity contribution in [2.24, 2.45) is 0 Å². The molecule has 0 fully saturated rings. The van der Waals surface area contributed by atoms with E-state index in [1.165, 1.54) is 60.7 Å². The van der Waals surface area contributed by atoms with Crippen LogP contribution in [0.5, 0.6) is 57.5 Å². The van der Waals surface area contributed by atoms with Crippen LogP contribution in [0, 0.1) is 0 Å². The molecule has 0 saturated carbocycles. The number of hydrogen-bond acceptors (Lipinski definition) is 12. The summed E-state index contributed by atoms with van der Waals surface area (Å²) in [7, 11) is 0. The smallest absolute Gasteiger partial charge is 0.182 e. The van der Waals surface area contributed by atoms with E-state index in [4.69, 9.17) is 9.47 Å². The molecule has 12 nitrogen and oxygen atoms in total. The fourth-order valence-electron chi connectivity index (χ4n) is 12.4. The minimum Gasteiger partial charge on any atom is -0.508 e. The number of aromatic hydroxyl groups is 8. The number of phenolic OH excluding ortho intramolecular Hbond substituents is 8. The number of aliphatic hydroxyl groups is 1. The molecular formula is C56H38O12. The van der Waals surface area contributed by atoms with Crippen molar-refractivity contribution in [2.45, 2.75) is 41.8 Å². The van der Waals surface area contributed by atoms with Gasteiger partial charge in [0.05, 0.1) is 11.8 Å². The van der Waals surface area contributed by atoms with Gasteiger partial charge in [-0.25, -0.2) is 0 Å². The normalized spacial score (nSPS) is 23.2. The van der Waals surface area contributed by atoms with Crippen molar-refractivity contribution >= 4 is 11.4 Å². The Kier molecular flexibility index (Phi) is 8.08. The Bertz CT molecular complexity index is 3480. The van der Waals surface area contributed by atoms with Crippen LogP contribution in [-0.2, 0) is 4.79 Å². The average Bonchev–Trinajstić information content (AvgIpc) is 3.80. The summed E-state index contributed by atoms with van der Waals surface area (Å²) in [5.74, 6) is -5.60. The summed E-state index contributed by atoms with van der Waals surface area (Å²) in [6.45, 7) is 0. The first-order valence-electron chi connectivity index (χ1n) is 22.1. The number of carbonyl (C=O) groups excluding carboxylic acids is 1. The number of ether oxygens (including phenoxy) is 2. The summed E-state index contributed by atoms with van der Waals surface area (Å²) in [6.07, 6.45) is 0.918. The summed E-state index contributed by atoms with van der Waals surface area (Å²) >= 11 is 0. The summed E-state index contributed by atoms with van der Waals surface area (Å²) in [5, 5.41) is 104. The van der Waals surface area contributed by atoms with E-state index in [0.29, 0.717) is 78.1 Å². The second-order valence-corrected chi connectivity index (χ2v) is 18.3. The molecular weight excluding hydrogens is 865 g/mol. The van der Waals surface area contributed by atoms with E-state index in [0.717, 1.165) is 6.08 Å². The number of allylic oxidation sites excluding steroid dienone is 4. The van der Waals surface area contributed by atoms with Crippen LogP contribution >= 0.6 is 0 Å². The van der Waals surface area contributed by atoms with Crippen molar-refractivity contribution in [3.8, 4) is 68.6 Å². The summed E-state index contributed by atoms with van der Waals surface area (Å²) < 4.78 is 13.8. The number of aliphatic hydroxyl groups excluding tert-OH is 1. The molecule has 2 aliphatic heterocycles. The van der Waals surface area contributed by atoms with Gasteiger partial charge in [0.25, 0.3) is 0 Å². The van der Waals surface area contributed by atoms with E-state index in [1.807, 2.05) is 0 Å². The van der Waals surface area contributed by atoms with Gasteiger partial charge in [0.2, 0.25) is 0 Å². The molecule has 0 amide bonds. The van der Waals surface area contributed by atoms with Crippen LogP contribution in [0.3, 0.4) is 0 Å². The predicted octanol–water partition coefficient (Wildman–Crippen LogP) is 10.2. The SMILES string of the molecule is O=C1C=C(O)C2=C(c3ccc(O)cc3)[C@H]3c4c(c(O)cc5c4[C@@H](C2=C1)[C@H](c1ccc(O)cc1)O5)-c1c(O)cc2c4c1[C@@H]3[C@H](c1ccc(O)cc1)c1c(O)cc(O)cc1[C@H]4[C@H](c1ccc(O)cc1)O2. The van der Waals surface area contributed by atoms with Gasteiger partial charge in [-0.15, -0.1) is 0 Å². The Balaban J connectivity index is 1.24. The van der Waals surface area contributed by atoms with Gasteiger partial charge in [-0.2, -0.15) is 0 Å². The van der Waals surface area contributed by atoms with E-state index in [2.05, 4.69) is 0 Å². The van der Waals surface area contributed by atoms with Gasteiger partial charge < -0.3 is 55.4 Å². The largest absolute Gasteiger partial charge is 0.508 e. The molecule has 0 spiro atoms. The highest BCUT2D eigenvalue weighted by Gasteiger charge is 2.58. The van der Waals surface area contributed by atoms with Crippen LogP contribution < -0.4 is 9.47 Å². The van der Waals surface area contributed by atoms with E-state index < -0.39 is 47.6 Å². The molecule has 0 saturated heterocycles. The van der Waals surface area contributed by atoms with Gasteiger partial charge in [0.1, 0.15) is 75.5 Å². The van der Waals surface area contributed by atoms with Crippen LogP contribution in [0.15, 0.2) is 150 Å². The Morgan fingerprint density at radius 1 is 0.412 bits per heavy atom. The highest BCUT2D eigenvalue weighted by molar-refractivity contribution is 6.06. The molecule has 12 heteroatoms. The minimum absolute atomic E-state index is 0.0168. The molecule has 7 aromatic carbocycles. The lowest BCUT2D eigenvalue weighted by Crippen LogP contribution is -2.27. The van der Waals surface area contributed by atoms with Crippen LogP contribution in [0.1, 0.15) is 97.4 Å². The van der Waals surface area contributed by atoms with Gasteiger partial charge in [-0.3, -0.25) is 4.79 Å². The third-order valence-corrected chi connectivity index (χ3v) is 14.8. The molecule has 68 heavy (non-hydrogen) atoms. The molecule has 0 bridgehead atoms. The lowest BCUT2D eigenvalue weighted by Gasteiger charge is -2.43. The van der Waals surface area contributed by atoms with Gasteiger partial charge in [0.15, 0.2) is 5.78 Å². The zero-order valence-corrected chi connectivity index (χ0v) is 35.5. The summed E-state index contributed by atoms with van der Waals surface area (Å²) in [6, 6.07) is 31.9. The van der Waals surface area contributed by atoms with Gasteiger partial charge in [-0.1, -0.05) is 48.5 Å². The molecule has 6 aliphatic rings. The lowest BCUT2D eigenvalue weighted by atomic mass is 9.59. The van der Waals surface area contributed by atoms with Crippen LogP contribution in [0.4, 0.5) is 0 Å². The van der Waals surface area contributed by atoms with E-state index in [1.54, 1.807) is 66.7 Å². The molecule has 334 valence electrons. The maximum atomic E-state index is 13.8. The third-order valence-electron chi connectivity index (χ3n) is 14.8. The topological polar surface area (TPSA) is 218 Å². The van der Waals surface area contributed by atoms with Gasteiger partial charge in [-0.05, 0) is 111 Å².